The number of amides is 1. The predicted octanol–water partition coefficient (Wildman–Crippen LogP) is 2.68. The van der Waals surface area contributed by atoms with Gasteiger partial charge in [0, 0.05) is 22.2 Å². The van der Waals surface area contributed by atoms with E-state index in [-0.39, 0.29) is 5.91 Å². The van der Waals surface area contributed by atoms with Crippen LogP contribution in [0.15, 0.2) is 24.3 Å². The number of carbonyl (C=O) groups is 1. The molecule has 5 heteroatoms. The van der Waals surface area contributed by atoms with E-state index in [2.05, 4.69) is 19.2 Å². The Bertz CT molecular complexity index is 535. The third-order valence-electron chi connectivity index (χ3n) is 2.92. The summed E-state index contributed by atoms with van der Waals surface area (Å²) in [6.45, 7) is 5.80. The molecule has 0 saturated heterocycles. The molecule has 0 heterocycles. The van der Waals surface area contributed by atoms with Crippen LogP contribution < -0.4 is 5.32 Å². The Labute approximate surface area is 122 Å². The standard InChI is InChI=1S/C15H20N2O2S/c1-11(2)7-8-20(19)12(3)15(18)17-14-6-4-5-13(9-14)10-16/h4-6,9,11-12H,7-8H2,1-3H3,(H,17,18). The molecule has 2 atom stereocenters. The molecule has 1 aromatic carbocycles. The number of rotatable bonds is 6. The molecule has 0 aromatic heterocycles. The lowest BCUT2D eigenvalue weighted by atomic mass is 10.2. The van der Waals surface area contributed by atoms with Crippen molar-refractivity contribution in [3.05, 3.63) is 29.8 Å². The number of anilines is 1. The van der Waals surface area contributed by atoms with Crippen molar-refractivity contribution in [2.45, 2.75) is 32.4 Å². The summed E-state index contributed by atoms with van der Waals surface area (Å²) in [5.74, 6) is 0.730. The summed E-state index contributed by atoms with van der Waals surface area (Å²) in [5, 5.41) is 10.9. The monoisotopic (exact) mass is 292 g/mol. The molecule has 0 fully saturated rings. The molecule has 4 nitrogen and oxygen atoms in total. The highest BCUT2D eigenvalue weighted by molar-refractivity contribution is 7.86. The van der Waals surface area contributed by atoms with Crippen molar-refractivity contribution >= 4 is 22.4 Å². The first kappa shape index (κ1) is 16.4. The number of hydrogen-bond donors (Lipinski definition) is 1. The summed E-state index contributed by atoms with van der Waals surface area (Å²) in [6.07, 6.45) is 0.841. The minimum absolute atomic E-state index is 0.276. The van der Waals surface area contributed by atoms with Gasteiger partial charge in [0.2, 0.25) is 5.91 Å². The van der Waals surface area contributed by atoms with Gasteiger partial charge in [-0.1, -0.05) is 19.9 Å². The Balaban J connectivity index is 2.61. The molecule has 108 valence electrons. The molecule has 0 aliphatic rings. The average Bonchev–Trinajstić information content (AvgIpc) is 2.43. The van der Waals surface area contributed by atoms with Gasteiger partial charge in [-0.3, -0.25) is 9.00 Å². The lowest BCUT2D eigenvalue weighted by Gasteiger charge is -2.13. The maximum atomic E-state index is 12.0. The maximum absolute atomic E-state index is 12.0. The average molecular weight is 292 g/mol. The van der Waals surface area contributed by atoms with Gasteiger partial charge in [0.15, 0.2) is 0 Å². The maximum Gasteiger partial charge on any atom is 0.239 e. The number of nitrogens with one attached hydrogen (secondary N) is 1. The van der Waals surface area contributed by atoms with Gasteiger partial charge >= 0.3 is 0 Å². The van der Waals surface area contributed by atoms with E-state index in [1.807, 2.05) is 6.07 Å². The summed E-state index contributed by atoms with van der Waals surface area (Å²) in [5.41, 5.74) is 1.04. The Morgan fingerprint density at radius 1 is 1.40 bits per heavy atom. The van der Waals surface area contributed by atoms with E-state index in [0.29, 0.717) is 22.9 Å². The fraction of sp³-hybridized carbons (Fsp3) is 0.467. The van der Waals surface area contributed by atoms with Crippen molar-refractivity contribution in [2.24, 2.45) is 5.92 Å². The number of nitrogens with zero attached hydrogens (tertiary/aromatic N) is 1. The third-order valence-corrected chi connectivity index (χ3v) is 4.56. The van der Waals surface area contributed by atoms with Crippen molar-refractivity contribution in [3.8, 4) is 6.07 Å². The summed E-state index contributed by atoms with van der Waals surface area (Å²) in [4.78, 5) is 12.0. The second-order valence-corrected chi connectivity index (χ2v) is 6.97. The van der Waals surface area contributed by atoms with Crippen LogP contribution in [0.1, 0.15) is 32.8 Å². The summed E-state index contributed by atoms with van der Waals surface area (Å²) < 4.78 is 12.0. The van der Waals surface area contributed by atoms with Crippen LogP contribution in [0.4, 0.5) is 5.69 Å². The van der Waals surface area contributed by atoms with Gasteiger partial charge in [-0.2, -0.15) is 5.26 Å². The quantitative estimate of drug-likeness (QED) is 0.876. The van der Waals surface area contributed by atoms with Gasteiger partial charge in [-0.25, -0.2) is 0 Å². The van der Waals surface area contributed by atoms with E-state index < -0.39 is 16.0 Å². The summed E-state index contributed by atoms with van der Waals surface area (Å²) >= 11 is 0. The Hall–Kier alpha value is -1.67. The molecule has 0 spiro atoms. The molecule has 0 radical (unpaired) electrons. The number of hydrogen-bond acceptors (Lipinski definition) is 3. The van der Waals surface area contributed by atoms with Crippen LogP contribution in [0, 0.1) is 17.2 Å². The van der Waals surface area contributed by atoms with Gasteiger partial charge in [-0.15, -0.1) is 0 Å². The van der Waals surface area contributed by atoms with Gasteiger partial charge in [0.05, 0.1) is 11.6 Å². The lowest BCUT2D eigenvalue weighted by molar-refractivity contribution is -0.115. The van der Waals surface area contributed by atoms with E-state index in [1.54, 1.807) is 31.2 Å². The van der Waals surface area contributed by atoms with Crippen LogP contribution in [0.2, 0.25) is 0 Å². The number of carbonyl (C=O) groups excluding carboxylic acids is 1. The van der Waals surface area contributed by atoms with Crippen LogP contribution in [-0.2, 0) is 15.6 Å². The van der Waals surface area contributed by atoms with Crippen molar-refractivity contribution in [1.29, 1.82) is 5.26 Å². The van der Waals surface area contributed by atoms with Crippen LogP contribution in [0.25, 0.3) is 0 Å². The highest BCUT2D eigenvalue weighted by atomic mass is 32.2. The molecule has 0 aliphatic heterocycles. The SMILES string of the molecule is CC(C)CCS(=O)C(C)C(=O)Nc1cccc(C#N)c1. The number of benzene rings is 1. The molecule has 1 N–H and O–H groups in total. The van der Waals surface area contributed by atoms with E-state index in [0.717, 1.165) is 6.42 Å². The molecule has 20 heavy (non-hydrogen) atoms. The summed E-state index contributed by atoms with van der Waals surface area (Å²) in [7, 11) is -1.17. The van der Waals surface area contributed by atoms with Gasteiger partial charge < -0.3 is 5.32 Å². The molecule has 0 saturated carbocycles. The van der Waals surface area contributed by atoms with Crippen molar-refractivity contribution in [2.75, 3.05) is 11.1 Å². The predicted molar refractivity (Wildman–Crippen MR) is 81.7 cm³/mol. The molecule has 1 amide bonds. The minimum atomic E-state index is -1.17. The van der Waals surface area contributed by atoms with Gasteiger partial charge in [0.1, 0.15) is 5.25 Å². The molecule has 0 aliphatic carbocycles. The first-order valence-electron chi connectivity index (χ1n) is 6.62. The Morgan fingerprint density at radius 2 is 2.10 bits per heavy atom. The van der Waals surface area contributed by atoms with Crippen LogP contribution >= 0.6 is 0 Å². The van der Waals surface area contributed by atoms with Crippen LogP contribution in [0.5, 0.6) is 0 Å². The first-order valence-corrected chi connectivity index (χ1v) is 8.00. The zero-order valence-corrected chi connectivity index (χ0v) is 12.9. The Kier molecular flexibility index (Phi) is 6.40. The van der Waals surface area contributed by atoms with E-state index in [9.17, 15) is 9.00 Å². The normalized spacial score (nSPS) is 13.6. The van der Waals surface area contributed by atoms with Crippen molar-refractivity contribution in [3.63, 3.8) is 0 Å². The van der Waals surface area contributed by atoms with E-state index in [1.165, 1.54) is 0 Å². The molecular formula is C15H20N2O2S. The fourth-order valence-electron chi connectivity index (χ4n) is 1.56. The van der Waals surface area contributed by atoms with Crippen LogP contribution in [-0.4, -0.2) is 21.1 Å². The smallest absolute Gasteiger partial charge is 0.239 e. The largest absolute Gasteiger partial charge is 0.325 e. The van der Waals surface area contributed by atoms with Crippen molar-refractivity contribution < 1.29 is 9.00 Å². The van der Waals surface area contributed by atoms with Crippen molar-refractivity contribution in [1.82, 2.24) is 0 Å². The second kappa shape index (κ2) is 7.81. The molecule has 1 aromatic rings. The minimum Gasteiger partial charge on any atom is -0.325 e. The molecule has 0 bridgehead atoms. The lowest BCUT2D eigenvalue weighted by Crippen LogP contribution is -2.30. The Morgan fingerprint density at radius 3 is 2.70 bits per heavy atom. The molecule has 1 rings (SSSR count). The van der Waals surface area contributed by atoms with Gasteiger partial charge in [0.25, 0.3) is 0 Å². The van der Waals surface area contributed by atoms with E-state index >= 15 is 0 Å². The topological polar surface area (TPSA) is 70.0 Å². The number of nitriles is 1. The fourth-order valence-corrected chi connectivity index (χ4v) is 2.91. The zero-order valence-electron chi connectivity index (χ0n) is 12.1. The van der Waals surface area contributed by atoms with Crippen LogP contribution in [0.3, 0.4) is 0 Å². The molecular weight excluding hydrogens is 272 g/mol. The van der Waals surface area contributed by atoms with Gasteiger partial charge in [-0.05, 0) is 37.5 Å². The highest BCUT2D eigenvalue weighted by Gasteiger charge is 2.20. The second-order valence-electron chi connectivity index (χ2n) is 5.09. The first-order chi connectivity index (χ1) is 9.43. The summed E-state index contributed by atoms with van der Waals surface area (Å²) in [6, 6.07) is 8.69. The van der Waals surface area contributed by atoms with E-state index in [4.69, 9.17) is 5.26 Å². The third kappa shape index (κ3) is 5.14. The molecule has 2 unspecified atom stereocenters. The highest BCUT2D eigenvalue weighted by Crippen LogP contribution is 2.12. The zero-order chi connectivity index (χ0) is 15.1.